The van der Waals surface area contributed by atoms with Crippen LogP contribution in [0.1, 0.15) is 30.3 Å². The largest absolute Gasteiger partial charge is 0.379 e. The van der Waals surface area contributed by atoms with E-state index in [2.05, 4.69) is 27.2 Å². The molecule has 0 saturated carbocycles. The second-order valence-corrected chi connectivity index (χ2v) is 4.07. The van der Waals surface area contributed by atoms with E-state index in [1.807, 2.05) is 0 Å². The Morgan fingerprint density at radius 3 is 3.06 bits per heavy atom. The first kappa shape index (κ1) is 11.8. The minimum absolute atomic E-state index is 0.0113. The van der Waals surface area contributed by atoms with Gasteiger partial charge in [0.1, 0.15) is 0 Å². The predicted octanol–water partition coefficient (Wildman–Crippen LogP) is 0.197. The van der Waals surface area contributed by atoms with Gasteiger partial charge in [-0.25, -0.2) is 4.63 Å². The lowest BCUT2D eigenvalue weighted by atomic mass is 10.00. The van der Waals surface area contributed by atoms with E-state index >= 15 is 0 Å². The molecular formula is C10H16N4O3. The van der Waals surface area contributed by atoms with Gasteiger partial charge in [-0.2, -0.15) is 0 Å². The van der Waals surface area contributed by atoms with E-state index in [-0.39, 0.29) is 23.5 Å². The summed E-state index contributed by atoms with van der Waals surface area (Å²) in [6.45, 7) is 3.39. The molecule has 2 rings (SSSR count). The number of hydrogen-bond acceptors (Lipinski definition) is 6. The summed E-state index contributed by atoms with van der Waals surface area (Å²) in [5.41, 5.74) is 5.46. The Morgan fingerprint density at radius 2 is 2.41 bits per heavy atom. The molecular weight excluding hydrogens is 224 g/mol. The van der Waals surface area contributed by atoms with Crippen LogP contribution in [0.15, 0.2) is 4.63 Å². The van der Waals surface area contributed by atoms with E-state index in [9.17, 15) is 4.79 Å². The third-order valence-electron chi connectivity index (χ3n) is 3.00. The van der Waals surface area contributed by atoms with Gasteiger partial charge in [0.05, 0.1) is 6.10 Å². The van der Waals surface area contributed by atoms with Crippen LogP contribution in [0.4, 0.5) is 5.82 Å². The Balaban J connectivity index is 1.86. The van der Waals surface area contributed by atoms with Crippen molar-refractivity contribution in [3.63, 3.8) is 0 Å². The van der Waals surface area contributed by atoms with Crippen LogP contribution in [0, 0.1) is 5.92 Å². The first-order chi connectivity index (χ1) is 8.22. The number of anilines is 1. The van der Waals surface area contributed by atoms with Gasteiger partial charge in [0.15, 0.2) is 0 Å². The second-order valence-electron chi connectivity index (χ2n) is 4.07. The molecule has 2 atom stereocenters. The molecule has 0 spiro atoms. The molecule has 1 aromatic heterocycles. The number of nitrogens with two attached hydrogens (primary N) is 1. The van der Waals surface area contributed by atoms with E-state index in [4.69, 9.17) is 10.5 Å². The van der Waals surface area contributed by atoms with Crippen molar-refractivity contribution in [3.05, 3.63) is 5.69 Å². The van der Waals surface area contributed by atoms with Gasteiger partial charge < -0.3 is 15.8 Å². The Morgan fingerprint density at radius 1 is 1.59 bits per heavy atom. The molecule has 0 aromatic carbocycles. The van der Waals surface area contributed by atoms with Crippen molar-refractivity contribution in [1.82, 2.24) is 15.6 Å². The van der Waals surface area contributed by atoms with Crippen molar-refractivity contribution >= 4 is 11.7 Å². The number of rotatable bonds is 4. The lowest BCUT2D eigenvalue weighted by molar-refractivity contribution is 0.0823. The summed E-state index contributed by atoms with van der Waals surface area (Å²) < 4.78 is 9.91. The highest BCUT2D eigenvalue weighted by Crippen LogP contribution is 2.22. The Bertz CT molecular complexity index is 393. The SMILES string of the molecule is CCC1OCCC1CNC(=O)c1nonc1N. The summed E-state index contributed by atoms with van der Waals surface area (Å²) in [4.78, 5) is 11.7. The van der Waals surface area contributed by atoms with Gasteiger partial charge in [-0.05, 0) is 23.2 Å². The maximum Gasteiger partial charge on any atom is 0.277 e. The number of aromatic nitrogens is 2. The summed E-state index contributed by atoms with van der Waals surface area (Å²) >= 11 is 0. The molecule has 0 aliphatic carbocycles. The highest BCUT2D eigenvalue weighted by Gasteiger charge is 2.27. The van der Waals surface area contributed by atoms with Crippen LogP contribution >= 0.6 is 0 Å². The summed E-state index contributed by atoms with van der Waals surface area (Å²) in [6.07, 6.45) is 2.14. The molecule has 1 fully saturated rings. The topological polar surface area (TPSA) is 103 Å². The maximum atomic E-state index is 11.7. The van der Waals surface area contributed by atoms with Gasteiger partial charge in [-0.15, -0.1) is 0 Å². The number of carbonyl (C=O) groups excluding carboxylic acids is 1. The molecule has 0 bridgehead atoms. The first-order valence-electron chi connectivity index (χ1n) is 5.70. The van der Waals surface area contributed by atoms with Gasteiger partial charge in [0, 0.05) is 19.1 Å². The lowest BCUT2D eigenvalue weighted by Crippen LogP contribution is -2.33. The van der Waals surface area contributed by atoms with Crippen molar-refractivity contribution < 1.29 is 14.2 Å². The van der Waals surface area contributed by atoms with Crippen LogP contribution in [0.5, 0.6) is 0 Å². The number of nitrogens with one attached hydrogen (secondary N) is 1. The molecule has 17 heavy (non-hydrogen) atoms. The van der Waals surface area contributed by atoms with E-state index in [1.54, 1.807) is 0 Å². The zero-order chi connectivity index (χ0) is 12.3. The summed E-state index contributed by atoms with van der Waals surface area (Å²) in [7, 11) is 0. The zero-order valence-electron chi connectivity index (χ0n) is 9.68. The van der Waals surface area contributed by atoms with Crippen molar-refractivity contribution in [1.29, 1.82) is 0 Å². The van der Waals surface area contributed by atoms with E-state index < -0.39 is 0 Å². The van der Waals surface area contributed by atoms with Crippen LogP contribution in [-0.2, 0) is 4.74 Å². The fourth-order valence-corrected chi connectivity index (χ4v) is 2.04. The number of hydrogen-bond donors (Lipinski definition) is 2. The normalized spacial score (nSPS) is 23.8. The van der Waals surface area contributed by atoms with Crippen molar-refractivity contribution in [2.24, 2.45) is 5.92 Å². The van der Waals surface area contributed by atoms with Crippen molar-refractivity contribution in [2.75, 3.05) is 18.9 Å². The van der Waals surface area contributed by atoms with Crippen LogP contribution in [0.3, 0.4) is 0 Å². The Labute approximate surface area is 98.6 Å². The monoisotopic (exact) mass is 240 g/mol. The number of carbonyl (C=O) groups is 1. The number of ether oxygens (including phenoxy) is 1. The van der Waals surface area contributed by atoms with E-state index in [0.717, 1.165) is 19.4 Å². The summed E-state index contributed by atoms with van der Waals surface area (Å²) in [5.74, 6) is 0.00718. The lowest BCUT2D eigenvalue weighted by Gasteiger charge is -2.16. The van der Waals surface area contributed by atoms with Gasteiger partial charge in [-0.3, -0.25) is 4.79 Å². The highest BCUT2D eigenvalue weighted by atomic mass is 16.6. The second kappa shape index (κ2) is 5.13. The third-order valence-corrected chi connectivity index (χ3v) is 3.00. The molecule has 3 N–H and O–H groups in total. The first-order valence-corrected chi connectivity index (χ1v) is 5.70. The molecule has 1 amide bonds. The molecule has 7 heteroatoms. The van der Waals surface area contributed by atoms with Crippen molar-refractivity contribution in [3.8, 4) is 0 Å². The predicted molar refractivity (Wildman–Crippen MR) is 59.2 cm³/mol. The minimum atomic E-state index is -0.356. The van der Waals surface area contributed by atoms with Crippen LogP contribution < -0.4 is 11.1 Å². The number of amides is 1. The average molecular weight is 240 g/mol. The Hall–Kier alpha value is -1.63. The molecule has 0 radical (unpaired) electrons. The van der Waals surface area contributed by atoms with Crippen molar-refractivity contribution in [2.45, 2.75) is 25.9 Å². The Kier molecular flexibility index (Phi) is 3.58. The van der Waals surface area contributed by atoms with Gasteiger partial charge >= 0.3 is 0 Å². The zero-order valence-corrected chi connectivity index (χ0v) is 9.68. The van der Waals surface area contributed by atoms with Crippen LogP contribution in [0.25, 0.3) is 0 Å². The fraction of sp³-hybridized carbons (Fsp3) is 0.700. The number of nitrogens with zero attached hydrogens (tertiary/aromatic N) is 2. The third kappa shape index (κ3) is 2.55. The van der Waals surface area contributed by atoms with E-state index in [0.29, 0.717) is 12.5 Å². The minimum Gasteiger partial charge on any atom is -0.379 e. The summed E-state index contributed by atoms with van der Waals surface area (Å²) in [5, 5.41) is 9.57. The molecule has 94 valence electrons. The smallest absolute Gasteiger partial charge is 0.277 e. The van der Waals surface area contributed by atoms with Crippen LogP contribution in [-0.4, -0.2) is 35.5 Å². The van der Waals surface area contributed by atoms with Gasteiger partial charge in [-0.1, -0.05) is 6.92 Å². The molecule has 1 aliphatic heterocycles. The maximum absolute atomic E-state index is 11.7. The van der Waals surface area contributed by atoms with E-state index in [1.165, 1.54) is 0 Å². The molecule has 2 heterocycles. The quantitative estimate of drug-likeness (QED) is 0.779. The molecule has 1 saturated heterocycles. The summed E-state index contributed by atoms with van der Waals surface area (Å²) in [6, 6.07) is 0. The molecule has 1 aromatic rings. The average Bonchev–Trinajstić information content (AvgIpc) is 2.94. The highest BCUT2D eigenvalue weighted by molar-refractivity contribution is 5.95. The fourth-order valence-electron chi connectivity index (χ4n) is 2.04. The van der Waals surface area contributed by atoms with Crippen LogP contribution in [0.2, 0.25) is 0 Å². The standard InChI is InChI=1S/C10H16N4O3/c1-2-7-6(3-4-16-7)5-12-10(15)8-9(11)14-17-13-8/h6-7H,2-5H2,1H3,(H2,11,14)(H,12,15). The molecule has 7 nitrogen and oxygen atoms in total. The number of nitrogen functional groups attached to an aromatic ring is 1. The van der Waals surface area contributed by atoms with Gasteiger partial charge in [0.25, 0.3) is 5.91 Å². The van der Waals surface area contributed by atoms with Gasteiger partial charge in [0.2, 0.25) is 11.5 Å². The molecule has 2 unspecified atom stereocenters. The molecule has 1 aliphatic rings.